The first-order valence-corrected chi connectivity index (χ1v) is 6.91. The van der Waals surface area contributed by atoms with Crippen LogP contribution in [-0.2, 0) is 13.1 Å². The van der Waals surface area contributed by atoms with Gasteiger partial charge in [0.2, 0.25) is 0 Å². The predicted molar refractivity (Wildman–Crippen MR) is 79.4 cm³/mol. The van der Waals surface area contributed by atoms with E-state index in [4.69, 9.17) is 10.5 Å². The molecule has 0 aliphatic heterocycles. The number of hydrogen-bond acceptors (Lipinski definition) is 3. The molecule has 0 atom stereocenters. The van der Waals surface area contributed by atoms with Crippen molar-refractivity contribution in [3.63, 3.8) is 0 Å². The zero-order valence-electron chi connectivity index (χ0n) is 11.4. The standard InChI is InChI=1S/C14H18BrN3O/c1-9-12(7-16)10(2)18(17-9)8-11-4-5-14(19-3)13(15)6-11/h4-6H,7-8,16H2,1-3H3. The maximum absolute atomic E-state index is 5.74. The minimum Gasteiger partial charge on any atom is -0.496 e. The van der Waals surface area contributed by atoms with Gasteiger partial charge in [0.1, 0.15) is 5.75 Å². The van der Waals surface area contributed by atoms with E-state index >= 15 is 0 Å². The molecule has 102 valence electrons. The van der Waals surface area contributed by atoms with Crippen molar-refractivity contribution in [2.24, 2.45) is 5.73 Å². The van der Waals surface area contributed by atoms with Gasteiger partial charge >= 0.3 is 0 Å². The molecular weight excluding hydrogens is 306 g/mol. The number of hydrogen-bond donors (Lipinski definition) is 1. The molecule has 0 unspecified atom stereocenters. The Hall–Kier alpha value is -1.33. The molecule has 2 aromatic rings. The van der Waals surface area contributed by atoms with Crippen LogP contribution in [0.15, 0.2) is 22.7 Å². The lowest BCUT2D eigenvalue weighted by atomic mass is 10.2. The number of nitrogens with zero attached hydrogens (tertiary/aromatic N) is 2. The normalized spacial score (nSPS) is 10.8. The molecule has 0 fully saturated rings. The third kappa shape index (κ3) is 2.82. The van der Waals surface area contributed by atoms with Crippen LogP contribution in [0.1, 0.15) is 22.5 Å². The summed E-state index contributed by atoms with van der Waals surface area (Å²) in [5.41, 5.74) is 10.2. The van der Waals surface area contributed by atoms with E-state index in [9.17, 15) is 0 Å². The lowest BCUT2D eigenvalue weighted by Gasteiger charge is -2.08. The maximum Gasteiger partial charge on any atom is 0.133 e. The summed E-state index contributed by atoms with van der Waals surface area (Å²) in [7, 11) is 1.66. The summed E-state index contributed by atoms with van der Waals surface area (Å²) in [6, 6.07) is 6.05. The number of methoxy groups -OCH3 is 1. The summed E-state index contributed by atoms with van der Waals surface area (Å²) in [6.45, 7) is 5.32. The van der Waals surface area contributed by atoms with Crippen LogP contribution < -0.4 is 10.5 Å². The van der Waals surface area contributed by atoms with Crippen molar-refractivity contribution < 1.29 is 4.74 Å². The van der Waals surface area contributed by atoms with Crippen molar-refractivity contribution in [2.45, 2.75) is 26.9 Å². The Kier molecular flexibility index (Phi) is 4.27. The van der Waals surface area contributed by atoms with E-state index in [-0.39, 0.29) is 0 Å². The van der Waals surface area contributed by atoms with Crippen molar-refractivity contribution in [1.82, 2.24) is 9.78 Å². The highest BCUT2D eigenvalue weighted by molar-refractivity contribution is 9.10. The monoisotopic (exact) mass is 323 g/mol. The van der Waals surface area contributed by atoms with E-state index in [1.165, 1.54) is 5.56 Å². The van der Waals surface area contributed by atoms with Gasteiger partial charge in [0.15, 0.2) is 0 Å². The minimum atomic E-state index is 0.532. The summed E-state index contributed by atoms with van der Waals surface area (Å²) in [6.07, 6.45) is 0. The number of ether oxygens (including phenoxy) is 1. The van der Waals surface area contributed by atoms with Gasteiger partial charge in [-0.2, -0.15) is 5.10 Å². The second-order valence-corrected chi connectivity index (χ2v) is 5.33. The molecular formula is C14H18BrN3O. The number of benzene rings is 1. The average Bonchev–Trinajstić information content (AvgIpc) is 2.64. The Morgan fingerprint density at radius 2 is 2.11 bits per heavy atom. The van der Waals surface area contributed by atoms with E-state index in [2.05, 4.69) is 34.0 Å². The molecule has 0 bridgehead atoms. The summed E-state index contributed by atoms with van der Waals surface area (Å²) in [4.78, 5) is 0. The average molecular weight is 324 g/mol. The third-order valence-corrected chi connectivity index (χ3v) is 3.90. The second-order valence-electron chi connectivity index (χ2n) is 4.48. The molecule has 2 N–H and O–H groups in total. The van der Waals surface area contributed by atoms with Gasteiger partial charge in [0, 0.05) is 17.8 Å². The Labute approximate surface area is 121 Å². The second kappa shape index (κ2) is 5.75. The molecule has 1 heterocycles. The number of halogens is 1. The largest absolute Gasteiger partial charge is 0.496 e. The predicted octanol–water partition coefficient (Wildman–Crippen LogP) is 2.78. The molecule has 4 nitrogen and oxygen atoms in total. The fraction of sp³-hybridized carbons (Fsp3) is 0.357. The van der Waals surface area contributed by atoms with Crippen molar-refractivity contribution in [1.29, 1.82) is 0 Å². The van der Waals surface area contributed by atoms with Gasteiger partial charge in [-0.15, -0.1) is 0 Å². The highest BCUT2D eigenvalue weighted by Gasteiger charge is 2.10. The van der Waals surface area contributed by atoms with E-state index in [0.29, 0.717) is 6.54 Å². The number of rotatable bonds is 4. The topological polar surface area (TPSA) is 53.1 Å². The van der Waals surface area contributed by atoms with Gasteiger partial charge in [-0.25, -0.2) is 0 Å². The van der Waals surface area contributed by atoms with E-state index in [1.54, 1.807) is 7.11 Å². The van der Waals surface area contributed by atoms with Crippen molar-refractivity contribution >= 4 is 15.9 Å². The Balaban J connectivity index is 2.29. The Morgan fingerprint density at radius 3 is 2.63 bits per heavy atom. The van der Waals surface area contributed by atoms with E-state index in [0.717, 1.165) is 33.7 Å². The number of aryl methyl sites for hydroxylation is 1. The summed E-state index contributed by atoms with van der Waals surface area (Å²) in [5, 5.41) is 4.54. The lowest BCUT2D eigenvalue weighted by molar-refractivity contribution is 0.412. The highest BCUT2D eigenvalue weighted by Crippen LogP contribution is 2.26. The molecule has 1 aromatic heterocycles. The number of nitrogens with two attached hydrogens (primary N) is 1. The first kappa shape index (κ1) is 14.1. The fourth-order valence-corrected chi connectivity index (χ4v) is 2.75. The minimum absolute atomic E-state index is 0.532. The van der Waals surface area contributed by atoms with Gasteiger partial charge in [-0.05, 0) is 47.5 Å². The van der Waals surface area contributed by atoms with Crippen molar-refractivity contribution in [3.8, 4) is 5.75 Å². The third-order valence-electron chi connectivity index (χ3n) is 3.28. The smallest absolute Gasteiger partial charge is 0.133 e. The van der Waals surface area contributed by atoms with Crippen LogP contribution in [0.25, 0.3) is 0 Å². The zero-order chi connectivity index (χ0) is 14.0. The van der Waals surface area contributed by atoms with Crippen LogP contribution in [-0.4, -0.2) is 16.9 Å². The molecule has 0 amide bonds. The molecule has 19 heavy (non-hydrogen) atoms. The fourth-order valence-electron chi connectivity index (χ4n) is 2.16. The van der Waals surface area contributed by atoms with E-state index in [1.807, 2.05) is 23.7 Å². The molecule has 0 radical (unpaired) electrons. The summed E-state index contributed by atoms with van der Waals surface area (Å²) >= 11 is 3.50. The molecule has 5 heteroatoms. The van der Waals surface area contributed by atoms with Gasteiger partial charge < -0.3 is 10.5 Å². The van der Waals surface area contributed by atoms with Crippen LogP contribution in [0, 0.1) is 13.8 Å². The van der Waals surface area contributed by atoms with Gasteiger partial charge in [0.25, 0.3) is 0 Å². The van der Waals surface area contributed by atoms with Crippen LogP contribution in [0.5, 0.6) is 5.75 Å². The Morgan fingerprint density at radius 1 is 1.37 bits per heavy atom. The highest BCUT2D eigenvalue weighted by atomic mass is 79.9. The van der Waals surface area contributed by atoms with Gasteiger partial charge in [-0.1, -0.05) is 6.07 Å². The van der Waals surface area contributed by atoms with Crippen LogP contribution in [0.4, 0.5) is 0 Å². The van der Waals surface area contributed by atoms with E-state index < -0.39 is 0 Å². The first-order valence-electron chi connectivity index (χ1n) is 6.12. The molecule has 0 spiro atoms. The van der Waals surface area contributed by atoms with Crippen molar-refractivity contribution in [3.05, 3.63) is 45.2 Å². The zero-order valence-corrected chi connectivity index (χ0v) is 13.0. The summed E-state index contributed by atoms with van der Waals surface area (Å²) in [5.74, 6) is 0.833. The lowest BCUT2D eigenvalue weighted by Crippen LogP contribution is -2.05. The van der Waals surface area contributed by atoms with Crippen LogP contribution in [0.3, 0.4) is 0 Å². The summed E-state index contributed by atoms with van der Waals surface area (Å²) < 4.78 is 8.17. The van der Waals surface area contributed by atoms with Gasteiger partial charge in [-0.3, -0.25) is 4.68 Å². The van der Waals surface area contributed by atoms with Crippen LogP contribution in [0.2, 0.25) is 0 Å². The molecule has 0 aliphatic rings. The Bertz CT molecular complexity index is 593. The molecule has 0 saturated heterocycles. The SMILES string of the molecule is COc1ccc(Cn2nc(C)c(CN)c2C)cc1Br. The molecule has 0 saturated carbocycles. The molecule has 0 aliphatic carbocycles. The van der Waals surface area contributed by atoms with Gasteiger partial charge in [0.05, 0.1) is 23.8 Å². The molecule has 1 aromatic carbocycles. The number of aromatic nitrogens is 2. The quantitative estimate of drug-likeness (QED) is 0.941. The van der Waals surface area contributed by atoms with Crippen molar-refractivity contribution in [2.75, 3.05) is 7.11 Å². The van der Waals surface area contributed by atoms with Crippen LogP contribution >= 0.6 is 15.9 Å². The molecule has 2 rings (SSSR count). The maximum atomic E-state index is 5.74. The first-order chi connectivity index (χ1) is 9.06.